The predicted octanol–water partition coefficient (Wildman–Crippen LogP) is 1.55. The Kier molecular flexibility index (Phi) is 3.56. The Balaban J connectivity index is 2.01. The number of ether oxygens (including phenoxy) is 1. The maximum Gasteiger partial charge on any atom is 0.243 e. The maximum absolute atomic E-state index is 5.64. The smallest absolute Gasteiger partial charge is 0.243 e. The minimum atomic E-state index is 0.180. The fraction of sp³-hybridized carbons (Fsp3) is 0.818. The van der Waals surface area contributed by atoms with Crippen LogP contribution in [0, 0.1) is 6.92 Å². The minimum Gasteiger partial charge on any atom is -0.376 e. The highest BCUT2D eigenvalue weighted by atomic mass is 16.5. The Morgan fingerprint density at radius 3 is 3.00 bits per heavy atom. The fourth-order valence-electron chi connectivity index (χ4n) is 1.98. The summed E-state index contributed by atoms with van der Waals surface area (Å²) >= 11 is 0. The lowest BCUT2D eigenvalue weighted by Gasteiger charge is -2.34. The molecule has 0 bridgehead atoms. The first-order chi connectivity index (χ1) is 7.70. The summed E-state index contributed by atoms with van der Waals surface area (Å²) in [5, 5.41) is 3.83. The molecular weight excluding hydrogens is 206 g/mol. The molecule has 0 radical (unpaired) electrons. The number of rotatable bonds is 3. The first-order valence-corrected chi connectivity index (χ1v) is 5.86. The van der Waals surface area contributed by atoms with Crippen LogP contribution >= 0.6 is 0 Å². The molecule has 0 amide bonds. The average Bonchev–Trinajstić information content (AvgIpc) is 2.75. The van der Waals surface area contributed by atoms with Crippen molar-refractivity contribution in [1.29, 1.82) is 0 Å². The van der Waals surface area contributed by atoms with Gasteiger partial charge in [-0.15, -0.1) is 0 Å². The number of aromatic nitrogens is 2. The zero-order valence-electron chi connectivity index (χ0n) is 10.1. The second-order valence-corrected chi connectivity index (χ2v) is 4.25. The van der Waals surface area contributed by atoms with Crippen LogP contribution in [0.1, 0.15) is 38.0 Å². The summed E-state index contributed by atoms with van der Waals surface area (Å²) in [6.45, 7) is 8.75. The lowest BCUT2D eigenvalue weighted by Crippen LogP contribution is -2.43. The van der Waals surface area contributed by atoms with Gasteiger partial charge in [0.1, 0.15) is 0 Å². The van der Waals surface area contributed by atoms with Gasteiger partial charge in [0.25, 0.3) is 0 Å². The van der Waals surface area contributed by atoms with Gasteiger partial charge in [0.2, 0.25) is 5.89 Å². The van der Waals surface area contributed by atoms with Crippen molar-refractivity contribution in [1.82, 2.24) is 15.0 Å². The predicted molar refractivity (Wildman–Crippen MR) is 59.1 cm³/mol. The van der Waals surface area contributed by atoms with E-state index in [2.05, 4.69) is 28.9 Å². The molecule has 0 aliphatic carbocycles. The maximum atomic E-state index is 5.64. The molecule has 1 aromatic heterocycles. The molecule has 5 heteroatoms. The molecule has 90 valence electrons. The van der Waals surface area contributed by atoms with Crippen LogP contribution in [0.25, 0.3) is 0 Å². The Morgan fingerprint density at radius 2 is 2.38 bits per heavy atom. The summed E-state index contributed by atoms with van der Waals surface area (Å²) in [5.41, 5.74) is 0. The molecule has 0 spiro atoms. The van der Waals surface area contributed by atoms with Crippen molar-refractivity contribution in [2.45, 2.75) is 39.3 Å². The Bertz CT molecular complexity index is 340. The molecule has 1 aliphatic rings. The van der Waals surface area contributed by atoms with Crippen LogP contribution in [0.4, 0.5) is 0 Å². The molecule has 2 heterocycles. The van der Waals surface area contributed by atoms with Crippen LogP contribution in [0.3, 0.4) is 0 Å². The summed E-state index contributed by atoms with van der Waals surface area (Å²) in [6, 6.07) is 0.180. The molecule has 0 unspecified atom stereocenters. The standard InChI is InChI=1S/C11H19N3O2/c1-4-10-7-14(5-6-15-10)8(2)11-12-9(3)13-16-11/h8,10H,4-7H2,1-3H3/t8-,10-/m0/s1. The third-order valence-corrected chi connectivity index (χ3v) is 3.07. The van der Waals surface area contributed by atoms with Crippen molar-refractivity contribution in [3.8, 4) is 0 Å². The minimum absolute atomic E-state index is 0.180. The quantitative estimate of drug-likeness (QED) is 0.781. The molecule has 0 aromatic carbocycles. The van der Waals surface area contributed by atoms with Crippen molar-refractivity contribution in [3.63, 3.8) is 0 Å². The van der Waals surface area contributed by atoms with Crippen LogP contribution < -0.4 is 0 Å². The fourth-order valence-corrected chi connectivity index (χ4v) is 1.98. The van der Waals surface area contributed by atoms with Gasteiger partial charge in [-0.3, -0.25) is 4.90 Å². The van der Waals surface area contributed by atoms with Gasteiger partial charge in [-0.25, -0.2) is 0 Å². The van der Waals surface area contributed by atoms with Crippen molar-refractivity contribution in [2.75, 3.05) is 19.7 Å². The van der Waals surface area contributed by atoms with Crippen molar-refractivity contribution in [2.24, 2.45) is 0 Å². The molecule has 2 rings (SSSR count). The molecule has 16 heavy (non-hydrogen) atoms. The lowest BCUT2D eigenvalue weighted by atomic mass is 10.2. The zero-order chi connectivity index (χ0) is 11.5. The lowest BCUT2D eigenvalue weighted by molar-refractivity contribution is -0.0462. The van der Waals surface area contributed by atoms with Gasteiger partial charge in [-0.2, -0.15) is 4.98 Å². The zero-order valence-corrected chi connectivity index (χ0v) is 10.1. The van der Waals surface area contributed by atoms with E-state index in [1.54, 1.807) is 0 Å². The first kappa shape index (κ1) is 11.5. The van der Waals surface area contributed by atoms with E-state index in [4.69, 9.17) is 9.26 Å². The van der Waals surface area contributed by atoms with E-state index in [9.17, 15) is 0 Å². The molecule has 0 N–H and O–H groups in total. The average molecular weight is 225 g/mol. The largest absolute Gasteiger partial charge is 0.376 e. The molecule has 1 aliphatic heterocycles. The van der Waals surface area contributed by atoms with E-state index >= 15 is 0 Å². The first-order valence-electron chi connectivity index (χ1n) is 5.86. The second-order valence-electron chi connectivity index (χ2n) is 4.25. The van der Waals surface area contributed by atoms with Gasteiger partial charge < -0.3 is 9.26 Å². The van der Waals surface area contributed by atoms with Crippen molar-refractivity contribution >= 4 is 0 Å². The molecule has 0 saturated carbocycles. The number of hydrogen-bond donors (Lipinski definition) is 0. The normalized spacial score (nSPS) is 24.6. The van der Waals surface area contributed by atoms with Crippen molar-refractivity contribution in [3.05, 3.63) is 11.7 Å². The van der Waals surface area contributed by atoms with E-state index in [1.165, 1.54) is 0 Å². The van der Waals surface area contributed by atoms with E-state index in [0.717, 1.165) is 26.1 Å². The van der Waals surface area contributed by atoms with Gasteiger partial charge in [0.15, 0.2) is 5.82 Å². The monoisotopic (exact) mass is 225 g/mol. The second kappa shape index (κ2) is 4.93. The van der Waals surface area contributed by atoms with Crippen LogP contribution in [0.2, 0.25) is 0 Å². The van der Waals surface area contributed by atoms with Crippen LogP contribution in [-0.2, 0) is 4.74 Å². The van der Waals surface area contributed by atoms with Gasteiger partial charge in [-0.1, -0.05) is 12.1 Å². The van der Waals surface area contributed by atoms with Gasteiger partial charge in [0.05, 0.1) is 18.8 Å². The summed E-state index contributed by atoms with van der Waals surface area (Å²) in [4.78, 5) is 6.61. The van der Waals surface area contributed by atoms with Gasteiger partial charge >= 0.3 is 0 Å². The molecular formula is C11H19N3O2. The highest BCUT2D eigenvalue weighted by Crippen LogP contribution is 2.21. The van der Waals surface area contributed by atoms with Gasteiger partial charge in [0, 0.05) is 13.1 Å². The topological polar surface area (TPSA) is 51.4 Å². The van der Waals surface area contributed by atoms with Gasteiger partial charge in [-0.05, 0) is 20.3 Å². The number of morpholine rings is 1. The Hall–Kier alpha value is -0.940. The molecule has 5 nitrogen and oxygen atoms in total. The van der Waals surface area contributed by atoms with E-state index in [-0.39, 0.29) is 6.04 Å². The van der Waals surface area contributed by atoms with E-state index in [1.807, 2.05) is 6.92 Å². The highest BCUT2D eigenvalue weighted by Gasteiger charge is 2.26. The van der Waals surface area contributed by atoms with Crippen LogP contribution in [-0.4, -0.2) is 40.8 Å². The number of hydrogen-bond acceptors (Lipinski definition) is 5. The molecule has 2 atom stereocenters. The molecule has 1 saturated heterocycles. The summed E-state index contributed by atoms with van der Waals surface area (Å²) in [6.07, 6.45) is 1.38. The van der Waals surface area contributed by atoms with Crippen LogP contribution in [0.5, 0.6) is 0 Å². The van der Waals surface area contributed by atoms with Crippen LogP contribution in [0.15, 0.2) is 4.52 Å². The van der Waals surface area contributed by atoms with Crippen molar-refractivity contribution < 1.29 is 9.26 Å². The summed E-state index contributed by atoms with van der Waals surface area (Å²) in [5.74, 6) is 1.40. The van der Waals surface area contributed by atoms with E-state index in [0.29, 0.717) is 17.8 Å². The Labute approximate surface area is 95.8 Å². The number of nitrogens with zero attached hydrogens (tertiary/aromatic N) is 3. The third-order valence-electron chi connectivity index (χ3n) is 3.07. The third kappa shape index (κ3) is 2.41. The SMILES string of the molecule is CC[C@H]1CN([C@@H](C)c2nc(C)no2)CCO1. The highest BCUT2D eigenvalue weighted by molar-refractivity contribution is 4.91. The summed E-state index contributed by atoms with van der Waals surface area (Å²) < 4.78 is 10.8. The Morgan fingerprint density at radius 1 is 1.56 bits per heavy atom. The summed E-state index contributed by atoms with van der Waals surface area (Å²) in [7, 11) is 0. The number of aryl methyl sites for hydroxylation is 1. The molecule has 1 aromatic rings. The molecule has 1 fully saturated rings. The van der Waals surface area contributed by atoms with E-state index < -0.39 is 0 Å².